The summed E-state index contributed by atoms with van der Waals surface area (Å²) in [4.78, 5) is 15.5. The molecule has 2 bridgehead atoms. The number of aromatic hydroxyl groups is 1. The number of imidazole rings is 1. The van der Waals surface area contributed by atoms with E-state index in [1.807, 2.05) is 10.6 Å². The van der Waals surface area contributed by atoms with Crippen molar-refractivity contribution in [2.75, 3.05) is 12.0 Å². The second-order valence-electron chi connectivity index (χ2n) is 9.44. The number of phenolic OH excluding ortho intramolecular Hbond substituents is 1. The van der Waals surface area contributed by atoms with E-state index in [0.717, 1.165) is 31.6 Å². The Kier molecular flexibility index (Phi) is 5.27. The monoisotopic (exact) mass is 484 g/mol. The van der Waals surface area contributed by atoms with Crippen molar-refractivity contribution in [2.24, 2.45) is 5.73 Å². The lowest BCUT2D eigenvalue weighted by Crippen LogP contribution is -2.48. The maximum atomic E-state index is 14.8. The van der Waals surface area contributed by atoms with Crippen molar-refractivity contribution in [2.45, 2.75) is 43.8 Å². The van der Waals surface area contributed by atoms with Gasteiger partial charge in [0.25, 0.3) is 0 Å². The molecule has 0 saturated carbocycles. The topological polar surface area (TPSA) is 93.3 Å². The van der Waals surface area contributed by atoms with Crippen LogP contribution in [-0.2, 0) is 0 Å². The van der Waals surface area contributed by atoms with Crippen LogP contribution >= 0.6 is 0 Å². The van der Waals surface area contributed by atoms with Gasteiger partial charge in [0.05, 0.1) is 24.9 Å². The van der Waals surface area contributed by atoms with Crippen LogP contribution in [0.3, 0.4) is 0 Å². The predicted octanol–water partition coefficient (Wildman–Crippen LogP) is 4.93. The summed E-state index contributed by atoms with van der Waals surface area (Å²) in [6, 6.07) is 10.4. The molecular formula is C27H25FN6O2. The minimum atomic E-state index is -0.496. The number of ether oxygens (including phenoxy) is 1. The first kappa shape index (κ1) is 22.3. The number of fused-ring (bicyclic) bond motifs is 3. The van der Waals surface area contributed by atoms with E-state index in [9.17, 15) is 9.50 Å². The number of benzene rings is 2. The number of hydrogen-bond donors (Lipinski definition) is 2. The first-order chi connectivity index (χ1) is 17.5. The summed E-state index contributed by atoms with van der Waals surface area (Å²) < 4.78 is 21.9. The molecule has 2 aliphatic heterocycles. The Morgan fingerprint density at radius 1 is 1.14 bits per heavy atom. The molecule has 3 N–H and O–H groups in total. The Morgan fingerprint density at radius 2 is 1.89 bits per heavy atom. The van der Waals surface area contributed by atoms with Gasteiger partial charge in [-0.3, -0.25) is 4.40 Å². The number of piperidine rings is 1. The fraction of sp³-hybridized carbons (Fsp3) is 0.296. The zero-order valence-electron chi connectivity index (χ0n) is 19.7. The van der Waals surface area contributed by atoms with E-state index in [2.05, 4.69) is 14.7 Å². The Balaban J connectivity index is 1.63. The van der Waals surface area contributed by atoms with Crippen LogP contribution in [0.1, 0.15) is 25.7 Å². The molecule has 2 aromatic heterocycles. The summed E-state index contributed by atoms with van der Waals surface area (Å²) in [5, 5.41) is 10.5. The molecule has 36 heavy (non-hydrogen) atoms. The van der Waals surface area contributed by atoms with Crippen LogP contribution in [0, 0.1) is 12.4 Å². The van der Waals surface area contributed by atoms with Gasteiger partial charge in [0.1, 0.15) is 11.4 Å². The number of nitrogens with zero attached hydrogens (tertiary/aromatic N) is 5. The van der Waals surface area contributed by atoms with Gasteiger partial charge in [0.15, 0.2) is 11.6 Å². The molecule has 0 aliphatic carbocycles. The zero-order chi connectivity index (χ0) is 25.0. The molecule has 2 saturated heterocycles. The number of phenols is 1. The molecule has 2 aromatic carbocycles. The summed E-state index contributed by atoms with van der Waals surface area (Å²) in [6.45, 7) is 7.29. The molecule has 2 fully saturated rings. The van der Waals surface area contributed by atoms with Gasteiger partial charge in [-0.15, -0.1) is 0 Å². The van der Waals surface area contributed by atoms with E-state index in [1.54, 1.807) is 30.5 Å². The van der Waals surface area contributed by atoms with Crippen molar-refractivity contribution in [1.82, 2.24) is 14.4 Å². The molecule has 4 heterocycles. The molecule has 182 valence electrons. The van der Waals surface area contributed by atoms with Gasteiger partial charge in [-0.25, -0.2) is 19.2 Å². The molecule has 6 rings (SSSR count). The second-order valence-corrected chi connectivity index (χ2v) is 9.44. The fourth-order valence-electron chi connectivity index (χ4n) is 5.76. The second kappa shape index (κ2) is 8.50. The van der Waals surface area contributed by atoms with Crippen molar-refractivity contribution in [1.29, 1.82) is 0 Å². The van der Waals surface area contributed by atoms with E-state index in [4.69, 9.17) is 22.0 Å². The van der Waals surface area contributed by atoms with Crippen molar-refractivity contribution in [3.63, 3.8) is 0 Å². The van der Waals surface area contributed by atoms with Gasteiger partial charge in [-0.2, -0.15) is 0 Å². The molecule has 0 radical (unpaired) electrons. The van der Waals surface area contributed by atoms with Crippen LogP contribution in [0.25, 0.3) is 32.9 Å². The third kappa shape index (κ3) is 3.45. The molecule has 4 aromatic rings. The molecule has 0 spiro atoms. The number of anilines is 1. The summed E-state index contributed by atoms with van der Waals surface area (Å²) >= 11 is 0. The molecule has 9 heteroatoms. The first-order valence-corrected chi connectivity index (χ1v) is 11.9. The summed E-state index contributed by atoms with van der Waals surface area (Å²) in [7, 11) is 1.42. The van der Waals surface area contributed by atoms with Gasteiger partial charge in [0.2, 0.25) is 11.6 Å². The summed E-state index contributed by atoms with van der Waals surface area (Å²) in [6.07, 6.45) is 7.49. The molecular weight excluding hydrogens is 459 g/mol. The number of methoxy groups -OCH3 is 1. The Labute approximate surface area is 207 Å². The fourth-order valence-corrected chi connectivity index (χ4v) is 5.76. The Bertz CT molecular complexity index is 1510. The predicted molar refractivity (Wildman–Crippen MR) is 135 cm³/mol. The van der Waals surface area contributed by atoms with Crippen LogP contribution in [0.4, 0.5) is 16.0 Å². The van der Waals surface area contributed by atoms with E-state index < -0.39 is 5.82 Å². The highest BCUT2D eigenvalue weighted by Gasteiger charge is 2.41. The summed E-state index contributed by atoms with van der Waals surface area (Å²) in [5.74, 6) is 0.266. The lowest BCUT2D eigenvalue weighted by atomic mass is 9.97. The van der Waals surface area contributed by atoms with Gasteiger partial charge < -0.3 is 20.5 Å². The normalized spacial score (nSPS) is 21.1. The Morgan fingerprint density at radius 3 is 2.56 bits per heavy atom. The molecule has 2 aliphatic rings. The maximum Gasteiger partial charge on any atom is 0.227 e. The average Bonchev–Trinajstić information content (AvgIpc) is 3.46. The van der Waals surface area contributed by atoms with Gasteiger partial charge in [0, 0.05) is 36.1 Å². The van der Waals surface area contributed by atoms with E-state index in [0.29, 0.717) is 28.0 Å². The van der Waals surface area contributed by atoms with Crippen LogP contribution < -0.4 is 15.4 Å². The lowest BCUT2D eigenvalue weighted by Gasteiger charge is -2.39. The van der Waals surface area contributed by atoms with E-state index in [-0.39, 0.29) is 35.3 Å². The first-order valence-electron chi connectivity index (χ1n) is 11.9. The lowest BCUT2D eigenvalue weighted by molar-refractivity contribution is 0.386. The van der Waals surface area contributed by atoms with Gasteiger partial charge in [-0.05, 0) is 49.4 Å². The highest BCUT2D eigenvalue weighted by molar-refractivity contribution is 5.92. The maximum absolute atomic E-state index is 14.8. The van der Waals surface area contributed by atoms with Crippen LogP contribution in [-0.4, -0.2) is 44.7 Å². The number of nitrogens with two attached hydrogens (primary N) is 1. The molecule has 2 atom stereocenters. The molecule has 2 unspecified atom stereocenters. The third-order valence-electron chi connectivity index (χ3n) is 7.34. The average molecular weight is 485 g/mol. The highest BCUT2D eigenvalue weighted by atomic mass is 19.1. The largest absolute Gasteiger partial charge is 0.519 e. The van der Waals surface area contributed by atoms with E-state index >= 15 is 0 Å². The van der Waals surface area contributed by atoms with Crippen LogP contribution in [0.2, 0.25) is 0 Å². The van der Waals surface area contributed by atoms with Crippen molar-refractivity contribution in [3.8, 4) is 33.9 Å². The summed E-state index contributed by atoms with van der Waals surface area (Å²) in [5.41, 5.74) is 9.47. The quantitative estimate of drug-likeness (QED) is 0.399. The minimum absolute atomic E-state index is 0.134. The number of aromatic nitrogens is 3. The van der Waals surface area contributed by atoms with Gasteiger partial charge in [-0.1, -0.05) is 18.2 Å². The van der Waals surface area contributed by atoms with E-state index in [1.165, 1.54) is 19.2 Å². The third-order valence-corrected chi connectivity index (χ3v) is 7.34. The van der Waals surface area contributed by atoms with Crippen molar-refractivity contribution in [3.05, 3.63) is 66.0 Å². The van der Waals surface area contributed by atoms with Crippen molar-refractivity contribution >= 4 is 17.3 Å². The highest BCUT2D eigenvalue weighted by Crippen LogP contribution is 2.43. The number of hydrogen-bond acceptors (Lipinski definition) is 6. The SMILES string of the molecule is [C-]#[N+]c1ccc(-c2nc(N3C4CCC3CC(N)C4)n3ccnc3c2-c2ccc(OC)c(F)c2)cc1O. The van der Waals surface area contributed by atoms with Crippen LogP contribution in [0.15, 0.2) is 48.8 Å². The zero-order valence-corrected chi connectivity index (χ0v) is 19.7. The Hall–Kier alpha value is -4.16. The number of rotatable bonds is 4. The molecule has 8 nitrogen and oxygen atoms in total. The number of halogens is 1. The minimum Gasteiger partial charge on any atom is -0.519 e. The standard InChI is InChI=1S/C27H25FN6O2/c1-30-21-7-3-16(12-22(21)35)25-24(15-4-8-23(36-2)20(28)11-15)26-31-9-10-33(26)27(32-25)34-18-5-6-19(34)14-17(29)13-18/h3-4,7-12,17-19,35H,5-6,13-14,29H2,2H3. The smallest absolute Gasteiger partial charge is 0.227 e. The van der Waals surface area contributed by atoms with Gasteiger partial charge >= 0.3 is 0 Å². The van der Waals surface area contributed by atoms with Crippen LogP contribution in [0.5, 0.6) is 11.5 Å². The van der Waals surface area contributed by atoms with Crippen molar-refractivity contribution < 1.29 is 14.2 Å². The molecule has 0 amide bonds.